The van der Waals surface area contributed by atoms with Crippen LogP contribution in [0.1, 0.15) is 37.2 Å². The van der Waals surface area contributed by atoms with E-state index in [0.29, 0.717) is 17.7 Å². The molecule has 0 atom stereocenters. The highest BCUT2D eigenvalue weighted by Gasteiger charge is 2.36. The van der Waals surface area contributed by atoms with Gasteiger partial charge in [-0.15, -0.1) is 10.2 Å². The lowest BCUT2D eigenvalue weighted by atomic mass is 10.1. The second-order valence-electron chi connectivity index (χ2n) is 4.83. The molecule has 17 heavy (non-hydrogen) atoms. The number of rotatable bonds is 5. The topological polar surface area (TPSA) is 66.9 Å². The molecule has 0 aliphatic heterocycles. The SMILES string of the molecule is CCNC(=O)c1ccc(NCC2(C)CC2)nn1. The van der Waals surface area contributed by atoms with Crippen molar-refractivity contribution in [2.24, 2.45) is 5.41 Å². The van der Waals surface area contributed by atoms with Gasteiger partial charge in [-0.3, -0.25) is 4.79 Å². The molecule has 92 valence electrons. The van der Waals surface area contributed by atoms with Gasteiger partial charge in [0.2, 0.25) is 0 Å². The summed E-state index contributed by atoms with van der Waals surface area (Å²) in [7, 11) is 0. The van der Waals surface area contributed by atoms with Crippen LogP contribution in [0.25, 0.3) is 0 Å². The van der Waals surface area contributed by atoms with E-state index in [1.807, 2.05) is 6.92 Å². The number of anilines is 1. The van der Waals surface area contributed by atoms with Crippen LogP contribution in [0, 0.1) is 5.41 Å². The van der Waals surface area contributed by atoms with Crippen molar-refractivity contribution in [3.63, 3.8) is 0 Å². The van der Waals surface area contributed by atoms with Gasteiger partial charge >= 0.3 is 0 Å². The highest BCUT2D eigenvalue weighted by atomic mass is 16.1. The normalized spacial score (nSPS) is 16.4. The maximum atomic E-state index is 11.4. The molecule has 0 unspecified atom stereocenters. The van der Waals surface area contributed by atoms with Crippen LogP contribution in [0.3, 0.4) is 0 Å². The summed E-state index contributed by atoms with van der Waals surface area (Å²) in [5, 5.41) is 13.8. The molecule has 1 aromatic heterocycles. The minimum atomic E-state index is -0.180. The minimum absolute atomic E-state index is 0.180. The number of carbonyl (C=O) groups is 1. The molecule has 0 saturated heterocycles. The Morgan fingerprint density at radius 1 is 1.41 bits per heavy atom. The molecule has 1 aliphatic rings. The molecule has 2 rings (SSSR count). The Labute approximate surface area is 101 Å². The fraction of sp³-hybridized carbons (Fsp3) is 0.583. The second kappa shape index (κ2) is 4.69. The van der Waals surface area contributed by atoms with Crippen molar-refractivity contribution in [3.05, 3.63) is 17.8 Å². The summed E-state index contributed by atoms with van der Waals surface area (Å²) in [5.41, 5.74) is 0.787. The number of aromatic nitrogens is 2. The van der Waals surface area contributed by atoms with Gasteiger partial charge in [0.05, 0.1) is 0 Å². The van der Waals surface area contributed by atoms with E-state index in [0.717, 1.165) is 12.4 Å². The molecule has 0 bridgehead atoms. The monoisotopic (exact) mass is 234 g/mol. The lowest BCUT2D eigenvalue weighted by molar-refractivity contribution is 0.0950. The molecule has 1 aliphatic carbocycles. The summed E-state index contributed by atoms with van der Waals surface area (Å²) in [4.78, 5) is 11.4. The Hall–Kier alpha value is -1.65. The molecule has 1 amide bonds. The van der Waals surface area contributed by atoms with Gasteiger partial charge in [0.15, 0.2) is 5.69 Å². The van der Waals surface area contributed by atoms with Crippen LogP contribution in [-0.4, -0.2) is 29.2 Å². The standard InChI is InChI=1S/C12H18N4O/c1-3-13-11(17)9-4-5-10(16-15-9)14-8-12(2)6-7-12/h4-5H,3,6-8H2,1-2H3,(H,13,17)(H,14,16). The highest BCUT2D eigenvalue weighted by molar-refractivity contribution is 5.92. The summed E-state index contributed by atoms with van der Waals surface area (Å²) in [5.74, 6) is 0.548. The third-order valence-corrected chi connectivity index (χ3v) is 3.03. The summed E-state index contributed by atoms with van der Waals surface area (Å²) in [6.45, 7) is 5.63. The zero-order valence-electron chi connectivity index (χ0n) is 10.3. The Morgan fingerprint density at radius 3 is 2.71 bits per heavy atom. The third-order valence-electron chi connectivity index (χ3n) is 3.03. The zero-order chi connectivity index (χ0) is 12.3. The third kappa shape index (κ3) is 3.15. The van der Waals surface area contributed by atoms with Crippen molar-refractivity contribution >= 4 is 11.7 Å². The van der Waals surface area contributed by atoms with E-state index in [1.54, 1.807) is 12.1 Å². The average Bonchev–Trinajstić information content (AvgIpc) is 3.06. The van der Waals surface area contributed by atoms with Crippen molar-refractivity contribution < 1.29 is 4.79 Å². The van der Waals surface area contributed by atoms with Crippen LogP contribution < -0.4 is 10.6 Å². The minimum Gasteiger partial charge on any atom is -0.368 e. The predicted octanol–water partition coefficient (Wildman–Crippen LogP) is 1.44. The van der Waals surface area contributed by atoms with Crippen molar-refractivity contribution in [1.82, 2.24) is 15.5 Å². The number of carbonyl (C=O) groups excluding carboxylic acids is 1. The van der Waals surface area contributed by atoms with Crippen LogP contribution >= 0.6 is 0 Å². The molecule has 0 spiro atoms. The summed E-state index contributed by atoms with van der Waals surface area (Å²) in [6.07, 6.45) is 2.54. The average molecular weight is 234 g/mol. The van der Waals surface area contributed by atoms with E-state index >= 15 is 0 Å². The fourth-order valence-corrected chi connectivity index (χ4v) is 1.49. The molecule has 5 nitrogen and oxygen atoms in total. The molecule has 2 N–H and O–H groups in total. The number of nitrogens with zero attached hydrogens (tertiary/aromatic N) is 2. The lowest BCUT2D eigenvalue weighted by Crippen LogP contribution is -2.24. The molecule has 1 aromatic rings. The number of hydrogen-bond acceptors (Lipinski definition) is 4. The summed E-state index contributed by atoms with van der Waals surface area (Å²) < 4.78 is 0. The first-order valence-corrected chi connectivity index (χ1v) is 5.99. The Bertz CT molecular complexity index is 397. The first-order chi connectivity index (χ1) is 8.13. The van der Waals surface area contributed by atoms with Gasteiger partial charge in [-0.1, -0.05) is 6.92 Å². The van der Waals surface area contributed by atoms with E-state index in [1.165, 1.54) is 12.8 Å². The first kappa shape index (κ1) is 11.8. The summed E-state index contributed by atoms with van der Waals surface area (Å²) in [6, 6.07) is 3.48. The number of nitrogens with one attached hydrogen (secondary N) is 2. The van der Waals surface area contributed by atoms with Crippen LogP contribution in [0.4, 0.5) is 5.82 Å². The maximum absolute atomic E-state index is 11.4. The maximum Gasteiger partial charge on any atom is 0.271 e. The van der Waals surface area contributed by atoms with Crippen LogP contribution in [0.5, 0.6) is 0 Å². The predicted molar refractivity (Wildman–Crippen MR) is 65.9 cm³/mol. The zero-order valence-corrected chi connectivity index (χ0v) is 10.3. The smallest absolute Gasteiger partial charge is 0.271 e. The molecule has 0 radical (unpaired) electrons. The number of amides is 1. The molecule has 1 heterocycles. The van der Waals surface area contributed by atoms with Gasteiger partial charge in [-0.2, -0.15) is 0 Å². The summed E-state index contributed by atoms with van der Waals surface area (Å²) >= 11 is 0. The van der Waals surface area contributed by atoms with Crippen molar-refractivity contribution in [3.8, 4) is 0 Å². The van der Waals surface area contributed by atoms with Crippen LogP contribution in [0.2, 0.25) is 0 Å². The van der Waals surface area contributed by atoms with E-state index in [-0.39, 0.29) is 5.91 Å². The van der Waals surface area contributed by atoms with Crippen LogP contribution in [-0.2, 0) is 0 Å². The Kier molecular flexibility index (Phi) is 3.26. The largest absolute Gasteiger partial charge is 0.368 e. The van der Waals surface area contributed by atoms with Gasteiger partial charge in [0, 0.05) is 13.1 Å². The van der Waals surface area contributed by atoms with Crippen molar-refractivity contribution in [2.45, 2.75) is 26.7 Å². The van der Waals surface area contributed by atoms with E-state index in [2.05, 4.69) is 27.8 Å². The van der Waals surface area contributed by atoms with Crippen LogP contribution in [0.15, 0.2) is 12.1 Å². The molecule has 1 fully saturated rings. The lowest BCUT2D eigenvalue weighted by Gasteiger charge is -2.10. The fourth-order valence-electron chi connectivity index (χ4n) is 1.49. The molecule has 0 aromatic carbocycles. The Balaban J connectivity index is 1.90. The van der Waals surface area contributed by atoms with E-state index in [4.69, 9.17) is 0 Å². The molecule has 1 saturated carbocycles. The van der Waals surface area contributed by atoms with Gasteiger partial charge in [0.1, 0.15) is 5.82 Å². The first-order valence-electron chi connectivity index (χ1n) is 5.99. The van der Waals surface area contributed by atoms with Crippen molar-refractivity contribution in [2.75, 3.05) is 18.4 Å². The van der Waals surface area contributed by atoms with E-state index in [9.17, 15) is 4.79 Å². The van der Waals surface area contributed by atoms with Gasteiger partial charge < -0.3 is 10.6 Å². The highest BCUT2D eigenvalue weighted by Crippen LogP contribution is 2.44. The van der Waals surface area contributed by atoms with Gasteiger partial charge in [0.25, 0.3) is 5.91 Å². The molecular weight excluding hydrogens is 216 g/mol. The van der Waals surface area contributed by atoms with Gasteiger partial charge in [-0.25, -0.2) is 0 Å². The quantitative estimate of drug-likeness (QED) is 0.809. The molecule has 5 heteroatoms. The molecular formula is C12H18N4O. The number of hydrogen-bond donors (Lipinski definition) is 2. The second-order valence-corrected chi connectivity index (χ2v) is 4.83. The Morgan fingerprint density at radius 2 is 2.18 bits per heavy atom. The van der Waals surface area contributed by atoms with Crippen molar-refractivity contribution in [1.29, 1.82) is 0 Å². The van der Waals surface area contributed by atoms with E-state index < -0.39 is 0 Å². The van der Waals surface area contributed by atoms with Gasteiger partial charge in [-0.05, 0) is 37.3 Å².